The summed E-state index contributed by atoms with van der Waals surface area (Å²) in [7, 11) is 1.51. The lowest BCUT2D eigenvalue weighted by atomic mass is 9.94. The van der Waals surface area contributed by atoms with Crippen molar-refractivity contribution in [3.63, 3.8) is 0 Å². The van der Waals surface area contributed by atoms with Crippen LogP contribution in [0.5, 0.6) is 0 Å². The number of likely N-dealkylation sites (N-methyl/N-ethyl adjacent to an activating group) is 1. The molecule has 1 unspecified atom stereocenters. The molecule has 0 aliphatic heterocycles. The molecule has 0 saturated heterocycles. The molecule has 1 atom stereocenters. The van der Waals surface area contributed by atoms with Crippen molar-refractivity contribution in [1.82, 2.24) is 4.90 Å². The minimum absolute atomic E-state index is 0.164. The van der Waals surface area contributed by atoms with Gasteiger partial charge >= 0.3 is 5.97 Å². The number of amides is 1. The van der Waals surface area contributed by atoms with Crippen LogP contribution >= 0.6 is 0 Å². The van der Waals surface area contributed by atoms with Crippen molar-refractivity contribution in [2.75, 3.05) is 7.05 Å². The van der Waals surface area contributed by atoms with E-state index < -0.39 is 17.4 Å². The maximum Gasteiger partial charge on any atom is 0.326 e. The Kier molecular flexibility index (Phi) is 3.46. The van der Waals surface area contributed by atoms with Crippen LogP contribution in [0, 0.1) is 5.41 Å². The third kappa shape index (κ3) is 3.05. The van der Waals surface area contributed by atoms with Gasteiger partial charge in [-0.05, 0) is 6.92 Å². The van der Waals surface area contributed by atoms with Crippen molar-refractivity contribution in [2.45, 2.75) is 33.7 Å². The van der Waals surface area contributed by atoms with E-state index in [1.165, 1.54) is 18.9 Å². The Labute approximate surface area is 78.5 Å². The van der Waals surface area contributed by atoms with Gasteiger partial charge in [0.2, 0.25) is 5.91 Å². The van der Waals surface area contributed by atoms with E-state index in [2.05, 4.69) is 0 Å². The standard InChI is InChI=1S/C9H17NO3/c1-6(7(11)12)10(5)8(13)9(2,3)4/h6H,1-5H3,(H,11,12). The van der Waals surface area contributed by atoms with Crippen LogP contribution in [0.4, 0.5) is 0 Å². The summed E-state index contributed by atoms with van der Waals surface area (Å²) in [5, 5.41) is 8.67. The van der Waals surface area contributed by atoms with Gasteiger partial charge in [-0.15, -0.1) is 0 Å². The van der Waals surface area contributed by atoms with Gasteiger partial charge in [-0.3, -0.25) is 4.79 Å². The molecule has 0 bridgehead atoms. The van der Waals surface area contributed by atoms with Gasteiger partial charge in [0.25, 0.3) is 0 Å². The highest BCUT2D eigenvalue weighted by Gasteiger charge is 2.30. The lowest BCUT2D eigenvalue weighted by molar-refractivity contribution is -0.151. The van der Waals surface area contributed by atoms with Crippen molar-refractivity contribution >= 4 is 11.9 Å². The minimum Gasteiger partial charge on any atom is -0.480 e. The van der Waals surface area contributed by atoms with Crippen LogP contribution in [-0.4, -0.2) is 35.0 Å². The Morgan fingerprint density at radius 3 is 1.92 bits per heavy atom. The molecule has 0 aromatic rings. The first-order chi connectivity index (χ1) is 5.68. The zero-order valence-electron chi connectivity index (χ0n) is 8.79. The predicted molar refractivity (Wildman–Crippen MR) is 49.3 cm³/mol. The van der Waals surface area contributed by atoms with Crippen LogP contribution in [0.15, 0.2) is 0 Å². The summed E-state index contributed by atoms with van der Waals surface area (Å²) < 4.78 is 0. The van der Waals surface area contributed by atoms with Crippen molar-refractivity contribution in [3.8, 4) is 0 Å². The lowest BCUT2D eigenvalue weighted by Gasteiger charge is -2.28. The van der Waals surface area contributed by atoms with E-state index in [1.54, 1.807) is 20.8 Å². The Balaban J connectivity index is 4.53. The number of rotatable bonds is 2. The summed E-state index contributed by atoms with van der Waals surface area (Å²) in [5.74, 6) is -1.15. The third-order valence-electron chi connectivity index (χ3n) is 1.90. The molecule has 1 amide bonds. The zero-order valence-corrected chi connectivity index (χ0v) is 8.79. The smallest absolute Gasteiger partial charge is 0.326 e. The van der Waals surface area contributed by atoms with Crippen LogP contribution < -0.4 is 0 Å². The fraction of sp³-hybridized carbons (Fsp3) is 0.778. The van der Waals surface area contributed by atoms with E-state index in [0.717, 1.165) is 0 Å². The number of hydrogen-bond donors (Lipinski definition) is 1. The molecule has 13 heavy (non-hydrogen) atoms. The SMILES string of the molecule is CC(C(=O)O)N(C)C(=O)C(C)(C)C. The molecule has 76 valence electrons. The van der Waals surface area contributed by atoms with Crippen LogP contribution in [0.1, 0.15) is 27.7 Å². The highest BCUT2D eigenvalue weighted by Crippen LogP contribution is 2.17. The lowest BCUT2D eigenvalue weighted by Crippen LogP contribution is -2.45. The first-order valence-corrected chi connectivity index (χ1v) is 4.18. The molecule has 0 aliphatic rings. The molecule has 0 aromatic heterocycles. The van der Waals surface area contributed by atoms with Gasteiger partial charge in [-0.25, -0.2) is 4.79 Å². The predicted octanol–water partition coefficient (Wildman–Crippen LogP) is 0.964. The molecule has 4 heteroatoms. The van der Waals surface area contributed by atoms with Gasteiger partial charge in [0.1, 0.15) is 6.04 Å². The molecule has 0 radical (unpaired) electrons. The molecular weight excluding hydrogens is 170 g/mol. The monoisotopic (exact) mass is 187 g/mol. The summed E-state index contributed by atoms with van der Waals surface area (Å²) in [6.45, 7) is 6.78. The van der Waals surface area contributed by atoms with Gasteiger partial charge in [-0.1, -0.05) is 20.8 Å². The first-order valence-electron chi connectivity index (χ1n) is 4.18. The van der Waals surface area contributed by atoms with Gasteiger partial charge in [0.05, 0.1) is 0 Å². The number of aliphatic carboxylic acids is 1. The summed E-state index contributed by atoms with van der Waals surface area (Å²) in [6, 6.07) is -0.772. The van der Waals surface area contributed by atoms with E-state index in [4.69, 9.17) is 5.11 Å². The fourth-order valence-corrected chi connectivity index (χ4v) is 0.871. The van der Waals surface area contributed by atoms with Crippen LogP contribution in [0.2, 0.25) is 0 Å². The molecule has 0 heterocycles. The fourth-order valence-electron chi connectivity index (χ4n) is 0.871. The topological polar surface area (TPSA) is 57.6 Å². The molecule has 4 nitrogen and oxygen atoms in total. The number of nitrogens with zero attached hydrogens (tertiary/aromatic N) is 1. The number of carboxylic acids is 1. The van der Waals surface area contributed by atoms with Gasteiger partial charge in [0, 0.05) is 12.5 Å². The average Bonchev–Trinajstić information content (AvgIpc) is 1.98. The average molecular weight is 187 g/mol. The summed E-state index contributed by atoms with van der Waals surface area (Å²) in [4.78, 5) is 23.4. The summed E-state index contributed by atoms with van der Waals surface area (Å²) in [5.41, 5.74) is -0.529. The first kappa shape index (κ1) is 11.9. The van der Waals surface area contributed by atoms with E-state index >= 15 is 0 Å². The number of carbonyl (C=O) groups excluding carboxylic acids is 1. The van der Waals surface area contributed by atoms with E-state index in [1.807, 2.05) is 0 Å². The third-order valence-corrected chi connectivity index (χ3v) is 1.90. The Morgan fingerprint density at radius 1 is 1.31 bits per heavy atom. The van der Waals surface area contributed by atoms with Crippen LogP contribution in [-0.2, 0) is 9.59 Å². The summed E-state index contributed by atoms with van der Waals surface area (Å²) >= 11 is 0. The number of carboxylic acid groups (broad SMARTS) is 1. The molecular formula is C9H17NO3. The number of hydrogen-bond acceptors (Lipinski definition) is 2. The van der Waals surface area contributed by atoms with E-state index in [-0.39, 0.29) is 5.91 Å². The molecule has 0 aliphatic carbocycles. The Hall–Kier alpha value is -1.06. The largest absolute Gasteiger partial charge is 0.480 e. The second-order valence-corrected chi connectivity index (χ2v) is 4.18. The zero-order chi connectivity index (χ0) is 10.8. The Morgan fingerprint density at radius 2 is 1.69 bits per heavy atom. The molecule has 0 spiro atoms. The van der Waals surface area contributed by atoms with Crippen molar-refractivity contribution in [3.05, 3.63) is 0 Å². The normalized spacial score (nSPS) is 13.6. The van der Waals surface area contributed by atoms with Gasteiger partial charge in [0.15, 0.2) is 0 Å². The number of carbonyl (C=O) groups is 2. The van der Waals surface area contributed by atoms with Crippen molar-refractivity contribution in [2.24, 2.45) is 5.41 Å². The second kappa shape index (κ2) is 3.77. The molecule has 1 N–H and O–H groups in total. The highest BCUT2D eigenvalue weighted by atomic mass is 16.4. The Bertz CT molecular complexity index is 217. The second-order valence-electron chi connectivity index (χ2n) is 4.18. The van der Waals surface area contributed by atoms with Crippen LogP contribution in [0.25, 0.3) is 0 Å². The maximum atomic E-state index is 11.6. The van der Waals surface area contributed by atoms with Crippen molar-refractivity contribution in [1.29, 1.82) is 0 Å². The molecule has 0 aromatic carbocycles. The van der Waals surface area contributed by atoms with Gasteiger partial charge < -0.3 is 10.0 Å². The van der Waals surface area contributed by atoms with E-state index in [9.17, 15) is 9.59 Å². The molecule has 0 fully saturated rings. The quantitative estimate of drug-likeness (QED) is 0.700. The van der Waals surface area contributed by atoms with Crippen LogP contribution in [0.3, 0.4) is 0 Å². The highest BCUT2D eigenvalue weighted by molar-refractivity contribution is 5.86. The summed E-state index contributed by atoms with van der Waals surface area (Å²) in [6.07, 6.45) is 0. The molecule has 0 rings (SSSR count). The van der Waals surface area contributed by atoms with Crippen molar-refractivity contribution < 1.29 is 14.7 Å². The minimum atomic E-state index is -0.986. The van der Waals surface area contributed by atoms with E-state index in [0.29, 0.717) is 0 Å². The molecule has 0 saturated carbocycles. The van der Waals surface area contributed by atoms with Gasteiger partial charge in [-0.2, -0.15) is 0 Å². The maximum absolute atomic E-state index is 11.6.